The molecule has 0 fully saturated rings. The van der Waals surface area contributed by atoms with Gasteiger partial charge in [-0.1, -0.05) is 71.7 Å². The minimum atomic E-state index is -0.101. The molecule has 0 spiro atoms. The Balaban J connectivity index is 1.55. The third-order valence-corrected chi connectivity index (χ3v) is 6.28. The average molecular weight is 472 g/mol. The van der Waals surface area contributed by atoms with Gasteiger partial charge in [0.1, 0.15) is 11.5 Å². The van der Waals surface area contributed by atoms with Crippen molar-refractivity contribution in [1.29, 1.82) is 0 Å². The van der Waals surface area contributed by atoms with E-state index in [9.17, 15) is 4.79 Å². The summed E-state index contributed by atoms with van der Waals surface area (Å²) in [5.74, 6) is 1.12. The summed E-state index contributed by atoms with van der Waals surface area (Å²) in [7, 11) is 0. The van der Waals surface area contributed by atoms with Crippen molar-refractivity contribution in [2.24, 2.45) is 0 Å². The Morgan fingerprint density at radius 3 is 2.33 bits per heavy atom. The van der Waals surface area contributed by atoms with Gasteiger partial charge in [-0.15, -0.1) is 0 Å². The maximum absolute atomic E-state index is 13.5. The number of hydrogen-bond acceptors (Lipinski definition) is 2. The van der Waals surface area contributed by atoms with Crippen molar-refractivity contribution in [1.82, 2.24) is 0 Å². The molecule has 4 aromatic rings. The number of rotatable bonds is 4. The van der Waals surface area contributed by atoms with Crippen LogP contribution in [0.2, 0.25) is 10.0 Å². The molecule has 0 unspecified atom stereocenters. The first-order chi connectivity index (χ1) is 16.0. The second-order valence-electron chi connectivity index (χ2n) is 7.75. The second kappa shape index (κ2) is 8.78. The number of hydrogen-bond donors (Lipinski definition) is 0. The van der Waals surface area contributed by atoms with Gasteiger partial charge in [0.15, 0.2) is 0 Å². The van der Waals surface area contributed by atoms with Crippen LogP contribution in [0.4, 0.5) is 5.69 Å². The Kier molecular flexibility index (Phi) is 5.67. The van der Waals surface area contributed by atoms with Crippen molar-refractivity contribution in [2.45, 2.75) is 6.92 Å². The Hall–Kier alpha value is -3.53. The van der Waals surface area contributed by atoms with Crippen LogP contribution in [0, 0.1) is 6.92 Å². The van der Waals surface area contributed by atoms with Gasteiger partial charge in [0.25, 0.3) is 5.91 Å². The van der Waals surface area contributed by atoms with Crippen LogP contribution >= 0.6 is 23.2 Å². The SMILES string of the molecule is Cc1ccccc1N1C(=O)C(=Cc2ccc(-c3ccc(Cl)c(Cl)c3)o2)C=C1c1ccccc1. The molecule has 1 aliphatic heterocycles. The monoisotopic (exact) mass is 471 g/mol. The molecule has 0 aliphatic carbocycles. The fourth-order valence-electron chi connectivity index (χ4n) is 3.88. The summed E-state index contributed by atoms with van der Waals surface area (Å²) in [6, 6.07) is 26.8. The molecule has 0 saturated heterocycles. The van der Waals surface area contributed by atoms with Crippen LogP contribution < -0.4 is 4.90 Å². The highest BCUT2D eigenvalue weighted by atomic mass is 35.5. The van der Waals surface area contributed by atoms with Crippen LogP contribution in [0.15, 0.2) is 101 Å². The summed E-state index contributed by atoms with van der Waals surface area (Å²) in [6.07, 6.45) is 3.68. The number of amides is 1. The molecule has 5 heteroatoms. The number of benzene rings is 3. The highest BCUT2D eigenvalue weighted by Crippen LogP contribution is 2.37. The fourth-order valence-corrected chi connectivity index (χ4v) is 4.18. The molecular weight excluding hydrogens is 453 g/mol. The van der Waals surface area contributed by atoms with Gasteiger partial charge in [-0.25, -0.2) is 0 Å². The van der Waals surface area contributed by atoms with Crippen molar-refractivity contribution in [3.05, 3.63) is 124 Å². The van der Waals surface area contributed by atoms with Crippen LogP contribution in [0.5, 0.6) is 0 Å². The third-order valence-electron chi connectivity index (χ3n) is 5.54. The van der Waals surface area contributed by atoms with E-state index in [1.165, 1.54) is 0 Å². The predicted octanol–water partition coefficient (Wildman–Crippen LogP) is 8.03. The van der Waals surface area contributed by atoms with E-state index in [1.54, 1.807) is 23.1 Å². The number of halogens is 2. The van der Waals surface area contributed by atoms with E-state index in [0.717, 1.165) is 28.1 Å². The summed E-state index contributed by atoms with van der Waals surface area (Å²) in [4.78, 5) is 15.3. The minimum Gasteiger partial charge on any atom is -0.457 e. The molecule has 162 valence electrons. The summed E-state index contributed by atoms with van der Waals surface area (Å²) in [5, 5.41) is 0.946. The zero-order valence-corrected chi connectivity index (χ0v) is 19.3. The normalized spacial score (nSPS) is 14.8. The lowest BCUT2D eigenvalue weighted by atomic mass is 10.1. The Morgan fingerprint density at radius 1 is 0.818 bits per heavy atom. The molecular formula is C28H19Cl2NO2. The summed E-state index contributed by atoms with van der Waals surface area (Å²) >= 11 is 12.2. The Labute approximate surface area is 202 Å². The number of aryl methyl sites for hydroxylation is 1. The first kappa shape index (κ1) is 21.3. The standard InChI is InChI=1S/C28H19Cl2NO2/c1-18-7-5-6-10-25(18)31-26(19-8-3-2-4-9-19)17-21(28(31)32)15-22-12-14-27(33-22)20-11-13-23(29)24(30)16-20/h2-17H,1H3. The van der Waals surface area contributed by atoms with Crippen LogP contribution in [0.3, 0.4) is 0 Å². The van der Waals surface area contributed by atoms with Crippen molar-refractivity contribution < 1.29 is 9.21 Å². The maximum atomic E-state index is 13.5. The number of carbonyl (C=O) groups excluding carboxylic acids is 1. The van der Waals surface area contributed by atoms with Crippen molar-refractivity contribution in [3.63, 3.8) is 0 Å². The maximum Gasteiger partial charge on any atom is 0.263 e. The number of anilines is 1. The van der Waals surface area contributed by atoms with Crippen LogP contribution in [-0.4, -0.2) is 5.91 Å². The van der Waals surface area contributed by atoms with Gasteiger partial charge in [0, 0.05) is 11.1 Å². The number of furan rings is 1. The summed E-state index contributed by atoms with van der Waals surface area (Å²) < 4.78 is 6.00. The Bertz CT molecular complexity index is 1420. The molecule has 0 saturated carbocycles. The van der Waals surface area contributed by atoms with E-state index in [0.29, 0.717) is 27.1 Å². The average Bonchev–Trinajstić information content (AvgIpc) is 3.42. The molecule has 5 rings (SSSR count). The first-order valence-corrected chi connectivity index (χ1v) is 11.2. The summed E-state index contributed by atoms with van der Waals surface area (Å²) in [6.45, 7) is 2.00. The fraction of sp³-hybridized carbons (Fsp3) is 0.0357. The van der Waals surface area contributed by atoms with E-state index in [2.05, 4.69) is 0 Å². The third kappa shape index (κ3) is 4.13. The van der Waals surface area contributed by atoms with Gasteiger partial charge in [-0.3, -0.25) is 9.69 Å². The number of nitrogens with zero attached hydrogens (tertiary/aromatic N) is 1. The molecule has 3 nitrogen and oxygen atoms in total. The molecule has 1 aromatic heterocycles. The van der Waals surface area contributed by atoms with Crippen molar-refractivity contribution >= 4 is 46.6 Å². The minimum absolute atomic E-state index is 0.101. The van der Waals surface area contributed by atoms with E-state index >= 15 is 0 Å². The second-order valence-corrected chi connectivity index (χ2v) is 8.57. The van der Waals surface area contributed by atoms with Crippen LogP contribution in [0.1, 0.15) is 16.9 Å². The zero-order chi connectivity index (χ0) is 22.9. The predicted molar refractivity (Wildman–Crippen MR) is 135 cm³/mol. The molecule has 0 N–H and O–H groups in total. The van der Waals surface area contributed by atoms with Gasteiger partial charge >= 0.3 is 0 Å². The quantitative estimate of drug-likeness (QED) is 0.282. The number of carbonyl (C=O) groups is 1. The zero-order valence-electron chi connectivity index (χ0n) is 17.8. The highest BCUT2D eigenvalue weighted by Gasteiger charge is 2.31. The first-order valence-electron chi connectivity index (χ1n) is 10.5. The van der Waals surface area contributed by atoms with Crippen molar-refractivity contribution in [2.75, 3.05) is 4.90 Å². The van der Waals surface area contributed by atoms with Gasteiger partial charge in [-0.2, -0.15) is 0 Å². The van der Waals surface area contributed by atoms with Gasteiger partial charge in [0.2, 0.25) is 0 Å². The van der Waals surface area contributed by atoms with Gasteiger partial charge in [0.05, 0.1) is 21.4 Å². The lowest BCUT2D eigenvalue weighted by Gasteiger charge is -2.22. The number of para-hydroxylation sites is 1. The lowest BCUT2D eigenvalue weighted by Crippen LogP contribution is -2.25. The molecule has 1 aliphatic rings. The van der Waals surface area contributed by atoms with E-state index in [1.807, 2.05) is 85.8 Å². The van der Waals surface area contributed by atoms with Gasteiger partial charge in [-0.05, 0) is 66.6 Å². The molecule has 0 bridgehead atoms. The molecule has 0 radical (unpaired) electrons. The van der Waals surface area contributed by atoms with Crippen LogP contribution in [-0.2, 0) is 4.79 Å². The largest absolute Gasteiger partial charge is 0.457 e. The van der Waals surface area contributed by atoms with Gasteiger partial charge < -0.3 is 4.42 Å². The van der Waals surface area contributed by atoms with E-state index < -0.39 is 0 Å². The molecule has 2 heterocycles. The molecule has 0 atom stereocenters. The highest BCUT2D eigenvalue weighted by molar-refractivity contribution is 6.42. The smallest absolute Gasteiger partial charge is 0.263 e. The molecule has 33 heavy (non-hydrogen) atoms. The van der Waals surface area contributed by atoms with Crippen LogP contribution in [0.25, 0.3) is 23.1 Å². The molecule has 1 amide bonds. The topological polar surface area (TPSA) is 33.5 Å². The lowest BCUT2D eigenvalue weighted by molar-refractivity contribution is -0.113. The van der Waals surface area contributed by atoms with E-state index in [-0.39, 0.29) is 5.91 Å². The van der Waals surface area contributed by atoms with E-state index in [4.69, 9.17) is 27.6 Å². The molecule has 3 aromatic carbocycles. The Morgan fingerprint density at radius 2 is 1.58 bits per heavy atom. The summed E-state index contributed by atoms with van der Waals surface area (Å²) in [5.41, 5.74) is 5.04. The van der Waals surface area contributed by atoms with Crippen molar-refractivity contribution in [3.8, 4) is 11.3 Å².